The van der Waals surface area contributed by atoms with Crippen molar-refractivity contribution in [1.82, 2.24) is 9.97 Å². The molecule has 0 fully saturated rings. The average Bonchev–Trinajstić information content (AvgIpc) is 2.57. The molecule has 4 nitrogen and oxygen atoms in total. The summed E-state index contributed by atoms with van der Waals surface area (Å²) in [5.74, 6) is 0. The lowest BCUT2D eigenvalue weighted by molar-refractivity contribution is 1.26. The number of hydrogen-bond acceptors (Lipinski definition) is 3. The van der Waals surface area contributed by atoms with Gasteiger partial charge in [0.05, 0.1) is 16.6 Å². The third-order valence-electron chi connectivity index (χ3n) is 1.86. The Morgan fingerprint density at radius 2 is 1.86 bits per heavy atom. The van der Waals surface area contributed by atoms with E-state index in [-0.39, 0.29) is 0 Å². The van der Waals surface area contributed by atoms with E-state index in [1.807, 2.05) is 12.1 Å². The number of halogens is 1. The zero-order chi connectivity index (χ0) is 10.1. The second-order valence-corrected chi connectivity index (χ2v) is 3.39. The van der Waals surface area contributed by atoms with Gasteiger partial charge in [-0.1, -0.05) is 0 Å². The summed E-state index contributed by atoms with van der Waals surface area (Å²) in [6.45, 7) is 0. The summed E-state index contributed by atoms with van der Waals surface area (Å²) in [7, 11) is 0. The van der Waals surface area contributed by atoms with Crippen LogP contribution >= 0.6 is 15.9 Å². The maximum Gasteiger partial charge on any atom is 0.175 e. The fourth-order valence-electron chi connectivity index (χ4n) is 1.25. The Balaban J connectivity index is 2.95. The van der Waals surface area contributed by atoms with Crippen LogP contribution in [0.1, 0.15) is 11.1 Å². The van der Waals surface area contributed by atoms with E-state index in [1.54, 1.807) is 12.1 Å². The maximum atomic E-state index is 8.81. The molecule has 1 aromatic heterocycles. The predicted molar refractivity (Wildman–Crippen MR) is 53.2 cm³/mol. The third-order valence-corrected chi connectivity index (χ3v) is 2.23. The van der Waals surface area contributed by atoms with Crippen molar-refractivity contribution in [2.24, 2.45) is 0 Å². The third kappa shape index (κ3) is 1.15. The van der Waals surface area contributed by atoms with Crippen LogP contribution in [-0.2, 0) is 0 Å². The Morgan fingerprint density at radius 1 is 1.21 bits per heavy atom. The molecule has 0 spiro atoms. The molecule has 1 heterocycles. The van der Waals surface area contributed by atoms with Gasteiger partial charge in [0.25, 0.3) is 0 Å². The Bertz CT molecular complexity index is 534. The first kappa shape index (κ1) is 8.74. The zero-order valence-corrected chi connectivity index (χ0v) is 8.46. The molecule has 1 N–H and O–H groups in total. The van der Waals surface area contributed by atoms with Crippen molar-refractivity contribution in [2.75, 3.05) is 0 Å². The van der Waals surface area contributed by atoms with Gasteiger partial charge in [0.15, 0.2) is 4.73 Å². The molecule has 0 amide bonds. The molecular formula is C9H3BrN4. The molecule has 1 aromatic carbocycles. The van der Waals surface area contributed by atoms with Gasteiger partial charge in [0, 0.05) is 0 Å². The second-order valence-electron chi connectivity index (χ2n) is 2.64. The van der Waals surface area contributed by atoms with Crippen molar-refractivity contribution in [2.45, 2.75) is 0 Å². The number of fused-ring (bicyclic) bond motifs is 1. The first-order valence-corrected chi connectivity index (χ1v) is 4.54. The van der Waals surface area contributed by atoms with Crippen LogP contribution in [-0.4, -0.2) is 9.97 Å². The van der Waals surface area contributed by atoms with Crippen molar-refractivity contribution in [1.29, 1.82) is 10.5 Å². The Labute approximate surface area is 87.9 Å². The minimum Gasteiger partial charge on any atom is -0.331 e. The van der Waals surface area contributed by atoms with Gasteiger partial charge in [0.2, 0.25) is 0 Å². The highest BCUT2D eigenvalue weighted by Crippen LogP contribution is 2.21. The Hall–Kier alpha value is -1.85. The van der Waals surface area contributed by atoms with Crippen molar-refractivity contribution >= 4 is 27.0 Å². The molecule has 0 saturated heterocycles. The molecular weight excluding hydrogens is 244 g/mol. The molecule has 0 aliphatic carbocycles. The van der Waals surface area contributed by atoms with E-state index in [9.17, 15) is 0 Å². The van der Waals surface area contributed by atoms with Crippen LogP contribution in [0.25, 0.3) is 11.0 Å². The molecule has 0 aliphatic rings. The summed E-state index contributed by atoms with van der Waals surface area (Å²) in [4.78, 5) is 6.96. The highest BCUT2D eigenvalue weighted by Gasteiger charge is 2.09. The van der Waals surface area contributed by atoms with E-state index in [0.717, 1.165) is 0 Å². The van der Waals surface area contributed by atoms with Crippen molar-refractivity contribution in [3.8, 4) is 12.1 Å². The zero-order valence-electron chi connectivity index (χ0n) is 6.87. The highest BCUT2D eigenvalue weighted by molar-refractivity contribution is 9.10. The summed E-state index contributed by atoms with van der Waals surface area (Å²) in [5, 5.41) is 17.6. The minimum absolute atomic E-state index is 0.459. The van der Waals surface area contributed by atoms with Crippen molar-refractivity contribution in [3.05, 3.63) is 28.0 Å². The molecule has 0 unspecified atom stereocenters. The molecule has 0 bridgehead atoms. The summed E-state index contributed by atoms with van der Waals surface area (Å²) in [6, 6.07) is 7.25. The first-order valence-electron chi connectivity index (χ1n) is 3.74. The smallest absolute Gasteiger partial charge is 0.175 e. The van der Waals surface area contributed by atoms with Crippen LogP contribution in [0.4, 0.5) is 0 Å². The van der Waals surface area contributed by atoms with Crippen LogP contribution in [0, 0.1) is 22.7 Å². The highest BCUT2D eigenvalue weighted by atomic mass is 79.9. The number of imidazole rings is 1. The standard InChI is InChI=1S/C9H3BrN4/c10-9-13-7-5(3-11)1-2-6(4-12)8(7)14-9/h1-2H,(H,13,14). The Morgan fingerprint density at radius 3 is 2.50 bits per heavy atom. The molecule has 2 aromatic rings. The molecule has 0 radical (unpaired) electrons. The molecule has 0 atom stereocenters. The quantitative estimate of drug-likeness (QED) is 0.774. The van der Waals surface area contributed by atoms with Crippen LogP contribution in [0.2, 0.25) is 0 Å². The number of aromatic amines is 1. The summed E-state index contributed by atoms with van der Waals surface area (Å²) in [6.07, 6.45) is 0. The monoisotopic (exact) mass is 246 g/mol. The molecule has 14 heavy (non-hydrogen) atoms. The fraction of sp³-hybridized carbons (Fsp3) is 0. The van der Waals surface area contributed by atoms with Gasteiger partial charge in [-0.3, -0.25) is 0 Å². The number of aromatic nitrogens is 2. The molecule has 0 aliphatic heterocycles. The van der Waals surface area contributed by atoms with Crippen LogP contribution < -0.4 is 0 Å². The number of nitrogens with zero attached hydrogens (tertiary/aromatic N) is 3. The molecule has 5 heteroatoms. The van der Waals surface area contributed by atoms with E-state index in [1.165, 1.54) is 0 Å². The van der Waals surface area contributed by atoms with Gasteiger partial charge in [-0.05, 0) is 28.1 Å². The maximum absolute atomic E-state index is 8.81. The van der Waals surface area contributed by atoms with Gasteiger partial charge in [-0.25, -0.2) is 4.98 Å². The number of rotatable bonds is 0. The van der Waals surface area contributed by atoms with Crippen LogP contribution in [0.5, 0.6) is 0 Å². The van der Waals surface area contributed by atoms with E-state index >= 15 is 0 Å². The number of benzene rings is 1. The SMILES string of the molecule is N#Cc1ccc(C#N)c2[nH]c(Br)nc12. The van der Waals surface area contributed by atoms with Gasteiger partial charge < -0.3 is 4.98 Å². The van der Waals surface area contributed by atoms with Gasteiger partial charge in [0.1, 0.15) is 17.7 Å². The predicted octanol–water partition coefficient (Wildman–Crippen LogP) is 2.07. The number of H-pyrrole nitrogens is 1. The lowest BCUT2D eigenvalue weighted by atomic mass is 10.1. The van der Waals surface area contributed by atoms with E-state index in [2.05, 4.69) is 25.9 Å². The topological polar surface area (TPSA) is 76.3 Å². The normalized spacial score (nSPS) is 9.64. The van der Waals surface area contributed by atoms with Gasteiger partial charge in [-0.2, -0.15) is 10.5 Å². The van der Waals surface area contributed by atoms with Crippen LogP contribution in [0.15, 0.2) is 16.9 Å². The van der Waals surface area contributed by atoms with Crippen molar-refractivity contribution in [3.63, 3.8) is 0 Å². The fourth-order valence-corrected chi connectivity index (χ4v) is 1.62. The molecule has 2 rings (SSSR count). The number of hydrogen-bond donors (Lipinski definition) is 1. The minimum atomic E-state index is 0.459. The summed E-state index contributed by atoms with van der Waals surface area (Å²) in [5.41, 5.74) is 2.06. The second kappa shape index (κ2) is 3.13. The summed E-state index contributed by atoms with van der Waals surface area (Å²) < 4.78 is 0.520. The molecule has 66 valence electrons. The summed E-state index contributed by atoms with van der Waals surface area (Å²) >= 11 is 3.17. The number of nitriles is 2. The molecule has 0 saturated carbocycles. The first-order chi connectivity index (χ1) is 6.76. The largest absolute Gasteiger partial charge is 0.331 e. The lowest BCUT2D eigenvalue weighted by Crippen LogP contribution is -1.82. The number of nitrogens with one attached hydrogen (secondary N) is 1. The van der Waals surface area contributed by atoms with Crippen molar-refractivity contribution < 1.29 is 0 Å². The van der Waals surface area contributed by atoms with E-state index in [4.69, 9.17) is 10.5 Å². The van der Waals surface area contributed by atoms with Gasteiger partial charge >= 0.3 is 0 Å². The van der Waals surface area contributed by atoms with E-state index < -0.39 is 0 Å². The van der Waals surface area contributed by atoms with Gasteiger partial charge in [-0.15, -0.1) is 0 Å². The lowest BCUT2D eigenvalue weighted by Gasteiger charge is -1.92. The average molecular weight is 247 g/mol. The van der Waals surface area contributed by atoms with E-state index in [0.29, 0.717) is 26.9 Å². The van der Waals surface area contributed by atoms with Crippen LogP contribution in [0.3, 0.4) is 0 Å². The Kier molecular flexibility index (Phi) is 1.95.